The van der Waals surface area contributed by atoms with Gasteiger partial charge in [-0.15, -0.1) is 0 Å². The smallest absolute Gasteiger partial charge is 0.270 e. The lowest BCUT2D eigenvalue weighted by atomic mass is 10.1. The fraction of sp³-hybridized carbons (Fsp3) is 0.316. The van der Waals surface area contributed by atoms with Crippen molar-refractivity contribution in [3.05, 3.63) is 58.9 Å². The van der Waals surface area contributed by atoms with E-state index in [4.69, 9.17) is 5.73 Å². The lowest BCUT2D eigenvalue weighted by Gasteiger charge is -2.18. The van der Waals surface area contributed by atoms with Crippen LogP contribution in [-0.4, -0.2) is 40.3 Å². The standard InChI is InChI=1S/C19H22N4O3/c1-22-11-14(17(20)24)9-16(22)19(26)23(2)10-12-3-5-13(6-4-12)18(25)21-15-7-8-15/h3-6,9,11,15H,7-8,10H2,1-2H3,(H2,20,24)(H,21,25). The Labute approximate surface area is 151 Å². The summed E-state index contributed by atoms with van der Waals surface area (Å²) in [7, 11) is 3.38. The second kappa shape index (κ2) is 7.03. The van der Waals surface area contributed by atoms with Gasteiger partial charge in [0.25, 0.3) is 11.8 Å². The largest absolute Gasteiger partial charge is 0.366 e. The summed E-state index contributed by atoms with van der Waals surface area (Å²) in [5.74, 6) is -0.843. The number of nitrogens with zero attached hydrogens (tertiary/aromatic N) is 2. The predicted molar refractivity (Wildman–Crippen MR) is 96.7 cm³/mol. The second-order valence-electron chi connectivity index (χ2n) is 6.70. The van der Waals surface area contributed by atoms with Gasteiger partial charge in [0.2, 0.25) is 5.91 Å². The fourth-order valence-corrected chi connectivity index (χ4v) is 2.71. The van der Waals surface area contributed by atoms with Gasteiger partial charge in [0, 0.05) is 38.4 Å². The van der Waals surface area contributed by atoms with Gasteiger partial charge in [-0.25, -0.2) is 0 Å². The number of nitrogens with one attached hydrogen (secondary N) is 1. The van der Waals surface area contributed by atoms with E-state index in [-0.39, 0.29) is 11.8 Å². The summed E-state index contributed by atoms with van der Waals surface area (Å²) in [4.78, 5) is 37.4. The van der Waals surface area contributed by atoms with Crippen molar-refractivity contribution in [3.8, 4) is 0 Å². The molecule has 1 aromatic heterocycles. The molecule has 0 radical (unpaired) electrons. The molecule has 3 amide bonds. The quantitative estimate of drug-likeness (QED) is 0.818. The lowest BCUT2D eigenvalue weighted by Crippen LogP contribution is -2.28. The predicted octanol–water partition coefficient (Wildman–Crippen LogP) is 1.29. The van der Waals surface area contributed by atoms with Gasteiger partial charge < -0.3 is 20.5 Å². The molecule has 1 saturated carbocycles. The fourth-order valence-electron chi connectivity index (χ4n) is 2.71. The Hall–Kier alpha value is -3.09. The third-order valence-corrected chi connectivity index (χ3v) is 4.40. The Kier molecular flexibility index (Phi) is 4.79. The molecule has 3 rings (SSSR count). The van der Waals surface area contributed by atoms with E-state index in [1.807, 2.05) is 12.1 Å². The first kappa shape index (κ1) is 17.7. The summed E-state index contributed by atoms with van der Waals surface area (Å²) in [6, 6.07) is 9.02. The molecular formula is C19H22N4O3. The topological polar surface area (TPSA) is 97.4 Å². The van der Waals surface area contributed by atoms with E-state index in [1.165, 1.54) is 12.3 Å². The monoisotopic (exact) mass is 354 g/mol. The molecule has 2 aromatic rings. The highest BCUT2D eigenvalue weighted by atomic mass is 16.2. The van der Waals surface area contributed by atoms with Crippen LogP contribution in [0.5, 0.6) is 0 Å². The Balaban J connectivity index is 1.65. The number of carbonyl (C=O) groups excluding carboxylic acids is 3. The van der Waals surface area contributed by atoms with E-state index in [9.17, 15) is 14.4 Å². The van der Waals surface area contributed by atoms with Crippen LogP contribution in [0.15, 0.2) is 36.5 Å². The van der Waals surface area contributed by atoms with Crippen LogP contribution in [0.25, 0.3) is 0 Å². The molecule has 3 N–H and O–H groups in total. The van der Waals surface area contributed by atoms with Gasteiger partial charge in [-0.3, -0.25) is 14.4 Å². The first-order valence-corrected chi connectivity index (χ1v) is 8.46. The maximum Gasteiger partial charge on any atom is 0.270 e. The summed E-state index contributed by atoms with van der Waals surface area (Å²) in [6.45, 7) is 0.389. The molecule has 0 aliphatic heterocycles. The van der Waals surface area contributed by atoms with E-state index in [1.54, 1.807) is 35.7 Å². The van der Waals surface area contributed by atoms with Crippen LogP contribution < -0.4 is 11.1 Å². The van der Waals surface area contributed by atoms with Crippen molar-refractivity contribution in [2.75, 3.05) is 7.05 Å². The number of aromatic nitrogens is 1. The molecule has 0 saturated heterocycles. The van der Waals surface area contributed by atoms with Gasteiger partial charge in [-0.2, -0.15) is 0 Å². The molecule has 1 fully saturated rings. The Morgan fingerprint density at radius 2 is 1.85 bits per heavy atom. The molecule has 1 aliphatic rings. The van der Waals surface area contributed by atoms with Crippen molar-refractivity contribution >= 4 is 17.7 Å². The number of primary amides is 1. The average molecular weight is 354 g/mol. The summed E-state index contributed by atoms with van der Waals surface area (Å²) < 4.78 is 1.59. The minimum absolute atomic E-state index is 0.0636. The average Bonchev–Trinajstić information content (AvgIpc) is 3.33. The highest BCUT2D eigenvalue weighted by Crippen LogP contribution is 2.19. The van der Waals surface area contributed by atoms with Crippen molar-refractivity contribution in [3.63, 3.8) is 0 Å². The van der Waals surface area contributed by atoms with E-state index in [2.05, 4.69) is 5.32 Å². The molecule has 0 atom stereocenters. The Morgan fingerprint density at radius 1 is 1.19 bits per heavy atom. The molecule has 7 nitrogen and oxygen atoms in total. The second-order valence-corrected chi connectivity index (χ2v) is 6.70. The maximum absolute atomic E-state index is 12.6. The minimum atomic E-state index is -0.567. The number of amides is 3. The number of benzene rings is 1. The summed E-state index contributed by atoms with van der Waals surface area (Å²) in [5.41, 5.74) is 7.47. The van der Waals surface area contributed by atoms with Crippen LogP contribution in [0.1, 0.15) is 49.6 Å². The minimum Gasteiger partial charge on any atom is -0.366 e. The third kappa shape index (κ3) is 3.93. The van der Waals surface area contributed by atoms with Gasteiger partial charge in [0.05, 0.1) is 5.56 Å². The van der Waals surface area contributed by atoms with E-state index in [0.29, 0.717) is 29.4 Å². The van der Waals surface area contributed by atoms with Crippen LogP contribution in [0.2, 0.25) is 0 Å². The Bertz CT molecular complexity index is 850. The zero-order valence-electron chi connectivity index (χ0n) is 14.9. The van der Waals surface area contributed by atoms with Crippen LogP contribution in [0.4, 0.5) is 0 Å². The summed E-state index contributed by atoms with van der Waals surface area (Å²) in [6.07, 6.45) is 3.64. The zero-order valence-corrected chi connectivity index (χ0v) is 14.9. The first-order chi connectivity index (χ1) is 12.3. The molecular weight excluding hydrogens is 332 g/mol. The van der Waals surface area contributed by atoms with Crippen molar-refractivity contribution in [2.45, 2.75) is 25.4 Å². The molecule has 0 unspecified atom stereocenters. The van der Waals surface area contributed by atoms with Crippen LogP contribution in [-0.2, 0) is 13.6 Å². The van der Waals surface area contributed by atoms with Crippen molar-refractivity contribution in [1.82, 2.24) is 14.8 Å². The van der Waals surface area contributed by atoms with Gasteiger partial charge in [-0.05, 0) is 36.6 Å². The zero-order chi connectivity index (χ0) is 18.8. The molecule has 0 bridgehead atoms. The molecule has 7 heteroatoms. The van der Waals surface area contributed by atoms with E-state index >= 15 is 0 Å². The summed E-state index contributed by atoms with van der Waals surface area (Å²) in [5, 5.41) is 2.94. The lowest BCUT2D eigenvalue weighted by molar-refractivity contribution is 0.0775. The van der Waals surface area contributed by atoms with Gasteiger partial charge in [0.15, 0.2) is 0 Å². The molecule has 26 heavy (non-hydrogen) atoms. The number of hydrogen-bond donors (Lipinski definition) is 2. The number of aryl methyl sites for hydroxylation is 1. The normalized spacial score (nSPS) is 13.3. The van der Waals surface area contributed by atoms with Crippen molar-refractivity contribution in [1.29, 1.82) is 0 Å². The molecule has 1 aromatic carbocycles. The van der Waals surface area contributed by atoms with Crippen molar-refractivity contribution < 1.29 is 14.4 Å². The Morgan fingerprint density at radius 3 is 2.38 bits per heavy atom. The van der Waals surface area contributed by atoms with Gasteiger partial charge in [0.1, 0.15) is 5.69 Å². The summed E-state index contributed by atoms with van der Waals surface area (Å²) >= 11 is 0. The van der Waals surface area contributed by atoms with Crippen LogP contribution in [0.3, 0.4) is 0 Å². The van der Waals surface area contributed by atoms with Crippen LogP contribution in [0, 0.1) is 0 Å². The first-order valence-electron chi connectivity index (χ1n) is 8.46. The number of hydrogen-bond acceptors (Lipinski definition) is 3. The highest BCUT2D eigenvalue weighted by molar-refractivity contribution is 5.98. The van der Waals surface area contributed by atoms with Crippen LogP contribution >= 0.6 is 0 Å². The van der Waals surface area contributed by atoms with Crippen molar-refractivity contribution in [2.24, 2.45) is 12.8 Å². The molecule has 0 spiro atoms. The third-order valence-electron chi connectivity index (χ3n) is 4.40. The van der Waals surface area contributed by atoms with E-state index in [0.717, 1.165) is 18.4 Å². The molecule has 136 valence electrons. The SMILES string of the molecule is CN(Cc1ccc(C(=O)NC2CC2)cc1)C(=O)c1cc(C(N)=O)cn1C. The van der Waals surface area contributed by atoms with Gasteiger partial charge >= 0.3 is 0 Å². The van der Waals surface area contributed by atoms with Gasteiger partial charge in [-0.1, -0.05) is 12.1 Å². The number of carbonyl (C=O) groups is 3. The number of nitrogens with two attached hydrogens (primary N) is 1. The molecule has 1 aliphatic carbocycles. The highest BCUT2D eigenvalue weighted by Gasteiger charge is 2.23. The van der Waals surface area contributed by atoms with E-state index < -0.39 is 5.91 Å². The molecule has 1 heterocycles. The number of rotatable bonds is 6. The maximum atomic E-state index is 12.6.